The summed E-state index contributed by atoms with van der Waals surface area (Å²) in [5.41, 5.74) is 4.23. The lowest BCUT2D eigenvalue weighted by Gasteiger charge is -2.18. The summed E-state index contributed by atoms with van der Waals surface area (Å²) in [6.45, 7) is 2.35. The number of H-pyrrole nitrogens is 1. The van der Waals surface area contributed by atoms with E-state index in [9.17, 15) is 9.59 Å². The number of hydrogen-bond donors (Lipinski definition) is 2. The van der Waals surface area contributed by atoms with Crippen molar-refractivity contribution in [3.8, 4) is 17.3 Å². The number of thiophene rings is 1. The van der Waals surface area contributed by atoms with Crippen LogP contribution in [0.2, 0.25) is 0 Å². The second-order valence-corrected chi connectivity index (χ2v) is 9.09. The van der Waals surface area contributed by atoms with E-state index in [0.29, 0.717) is 45.1 Å². The first-order valence-corrected chi connectivity index (χ1v) is 11.5. The van der Waals surface area contributed by atoms with Gasteiger partial charge in [-0.05, 0) is 54.8 Å². The molecule has 2 N–H and O–H groups in total. The van der Waals surface area contributed by atoms with E-state index in [1.807, 2.05) is 55.5 Å². The molecule has 0 atom stereocenters. The number of ether oxygens (including phenoxy) is 1. The van der Waals surface area contributed by atoms with Gasteiger partial charge in [0, 0.05) is 23.1 Å². The van der Waals surface area contributed by atoms with Crippen molar-refractivity contribution in [2.75, 3.05) is 12.4 Å². The summed E-state index contributed by atoms with van der Waals surface area (Å²) in [5.74, 6) is 1.17. The highest BCUT2D eigenvalue weighted by Crippen LogP contribution is 2.37. The molecule has 33 heavy (non-hydrogen) atoms. The molecule has 164 valence electrons. The molecular weight excluding hydrogens is 436 g/mol. The van der Waals surface area contributed by atoms with E-state index < -0.39 is 0 Å². The van der Waals surface area contributed by atoms with Crippen LogP contribution in [-0.4, -0.2) is 27.6 Å². The molecule has 4 heterocycles. The molecule has 0 fully saturated rings. The van der Waals surface area contributed by atoms with Crippen molar-refractivity contribution in [2.45, 2.75) is 19.9 Å². The summed E-state index contributed by atoms with van der Waals surface area (Å²) in [6, 6.07) is 15.2. The summed E-state index contributed by atoms with van der Waals surface area (Å²) < 4.78 is 7.11. The Labute approximate surface area is 192 Å². The van der Waals surface area contributed by atoms with Gasteiger partial charge in [0.25, 0.3) is 11.5 Å². The molecule has 0 radical (unpaired) electrons. The number of rotatable bonds is 3. The Kier molecular flexibility index (Phi) is 4.38. The number of para-hydroxylation sites is 1. The number of carbonyl (C=O) groups is 1. The van der Waals surface area contributed by atoms with Gasteiger partial charge in [-0.2, -0.15) is 0 Å². The van der Waals surface area contributed by atoms with Crippen LogP contribution in [0.1, 0.15) is 20.8 Å². The number of methoxy groups -OCH3 is 1. The Bertz CT molecular complexity index is 1630. The molecule has 3 aromatic heterocycles. The van der Waals surface area contributed by atoms with Gasteiger partial charge < -0.3 is 15.0 Å². The Morgan fingerprint density at radius 1 is 1.21 bits per heavy atom. The molecule has 0 spiro atoms. The van der Waals surface area contributed by atoms with Crippen LogP contribution in [0.4, 0.5) is 5.69 Å². The number of nitrogens with zero attached hydrogens (tertiary/aromatic N) is 2. The lowest BCUT2D eigenvalue weighted by molar-refractivity contribution is 0.103. The third-order valence-corrected chi connectivity index (χ3v) is 7.39. The van der Waals surface area contributed by atoms with Crippen LogP contribution in [-0.2, 0) is 13.0 Å². The first-order valence-electron chi connectivity index (χ1n) is 10.6. The molecule has 0 saturated heterocycles. The standard InChI is InChI=1S/C25H20N4O3S/c1-13-19-24(33-21(13)23(30)26-14-6-4-3-5-7-14)28-22-20-16(10-11-29(22)25(19)31)17-12-15(32-2)8-9-18(17)27-20/h3-9,12,27H,10-11H2,1-2H3,(H,26,30). The summed E-state index contributed by atoms with van der Waals surface area (Å²) in [7, 11) is 1.65. The van der Waals surface area contributed by atoms with Crippen molar-refractivity contribution in [1.82, 2.24) is 14.5 Å². The van der Waals surface area contributed by atoms with Crippen molar-refractivity contribution < 1.29 is 9.53 Å². The van der Waals surface area contributed by atoms with Crippen LogP contribution < -0.4 is 15.6 Å². The first-order chi connectivity index (χ1) is 16.0. The Hall–Kier alpha value is -3.91. The molecule has 1 amide bonds. The van der Waals surface area contributed by atoms with E-state index in [2.05, 4.69) is 10.3 Å². The van der Waals surface area contributed by atoms with Crippen molar-refractivity contribution in [3.05, 3.63) is 74.9 Å². The summed E-state index contributed by atoms with van der Waals surface area (Å²) in [5, 5.41) is 4.51. The largest absolute Gasteiger partial charge is 0.497 e. The number of anilines is 1. The quantitative estimate of drug-likeness (QED) is 0.411. The molecule has 2 aromatic carbocycles. The maximum Gasteiger partial charge on any atom is 0.266 e. The zero-order valence-electron chi connectivity index (χ0n) is 18.1. The molecule has 8 heteroatoms. The molecular formula is C25H20N4O3S. The van der Waals surface area contributed by atoms with Gasteiger partial charge in [0.15, 0.2) is 5.82 Å². The molecule has 0 bridgehead atoms. The van der Waals surface area contributed by atoms with Gasteiger partial charge >= 0.3 is 0 Å². The predicted molar refractivity (Wildman–Crippen MR) is 131 cm³/mol. The average Bonchev–Trinajstić information content (AvgIpc) is 3.37. The van der Waals surface area contributed by atoms with Gasteiger partial charge in [-0.25, -0.2) is 4.98 Å². The van der Waals surface area contributed by atoms with Crippen LogP contribution >= 0.6 is 11.3 Å². The lowest BCUT2D eigenvalue weighted by atomic mass is 10.0. The normalized spacial score (nSPS) is 12.5. The fourth-order valence-electron chi connectivity index (χ4n) is 4.57. The smallest absolute Gasteiger partial charge is 0.266 e. The highest BCUT2D eigenvalue weighted by Gasteiger charge is 2.27. The number of carbonyl (C=O) groups excluding carboxylic acids is 1. The highest BCUT2D eigenvalue weighted by molar-refractivity contribution is 7.20. The summed E-state index contributed by atoms with van der Waals surface area (Å²) in [4.78, 5) is 35.8. The van der Waals surface area contributed by atoms with Crippen molar-refractivity contribution in [1.29, 1.82) is 0 Å². The minimum absolute atomic E-state index is 0.107. The number of amides is 1. The second kappa shape index (κ2) is 7.31. The van der Waals surface area contributed by atoms with E-state index >= 15 is 0 Å². The zero-order chi connectivity index (χ0) is 22.7. The minimum Gasteiger partial charge on any atom is -0.497 e. The van der Waals surface area contributed by atoms with Gasteiger partial charge in [-0.1, -0.05) is 18.2 Å². The van der Waals surface area contributed by atoms with E-state index in [-0.39, 0.29) is 11.5 Å². The van der Waals surface area contributed by atoms with Crippen molar-refractivity contribution in [3.63, 3.8) is 0 Å². The summed E-state index contributed by atoms with van der Waals surface area (Å²) in [6.07, 6.45) is 0.715. The minimum atomic E-state index is -0.234. The van der Waals surface area contributed by atoms with Crippen LogP contribution in [0.15, 0.2) is 53.3 Å². The molecule has 0 saturated carbocycles. The number of nitrogens with one attached hydrogen (secondary N) is 2. The first kappa shape index (κ1) is 19.8. The maximum absolute atomic E-state index is 13.5. The van der Waals surface area contributed by atoms with Gasteiger partial charge in [-0.15, -0.1) is 11.3 Å². The molecule has 5 aromatic rings. The number of benzene rings is 2. The Morgan fingerprint density at radius 3 is 2.82 bits per heavy atom. The van der Waals surface area contributed by atoms with Crippen LogP contribution in [0.5, 0.6) is 5.75 Å². The molecule has 0 aliphatic carbocycles. The second-order valence-electron chi connectivity index (χ2n) is 8.09. The lowest BCUT2D eigenvalue weighted by Crippen LogP contribution is -2.27. The maximum atomic E-state index is 13.5. The number of aryl methyl sites for hydroxylation is 2. The molecule has 1 aliphatic heterocycles. The van der Waals surface area contributed by atoms with Gasteiger partial charge in [0.05, 0.1) is 23.1 Å². The van der Waals surface area contributed by atoms with Crippen LogP contribution in [0, 0.1) is 6.92 Å². The molecule has 0 unspecified atom stereocenters. The van der Waals surface area contributed by atoms with Crippen molar-refractivity contribution in [2.24, 2.45) is 0 Å². The fraction of sp³-hybridized carbons (Fsp3) is 0.160. The van der Waals surface area contributed by atoms with Gasteiger partial charge in [0.2, 0.25) is 0 Å². The molecule has 6 rings (SSSR count). The number of aromatic nitrogens is 3. The van der Waals surface area contributed by atoms with Crippen LogP contribution in [0.25, 0.3) is 32.6 Å². The average molecular weight is 457 g/mol. The zero-order valence-corrected chi connectivity index (χ0v) is 18.9. The van der Waals surface area contributed by atoms with E-state index in [1.165, 1.54) is 11.3 Å². The fourth-order valence-corrected chi connectivity index (χ4v) is 5.64. The van der Waals surface area contributed by atoms with E-state index in [0.717, 1.165) is 27.9 Å². The van der Waals surface area contributed by atoms with E-state index in [4.69, 9.17) is 9.72 Å². The third kappa shape index (κ3) is 2.98. The van der Waals surface area contributed by atoms with Gasteiger partial charge in [0.1, 0.15) is 10.6 Å². The van der Waals surface area contributed by atoms with Crippen molar-refractivity contribution >= 4 is 44.1 Å². The van der Waals surface area contributed by atoms with Gasteiger partial charge in [-0.3, -0.25) is 14.2 Å². The highest BCUT2D eigenvalue weighted by atomic mass is 32.1. The number of hydrogen-bond acceptors (Lipinski definition) is 5. The number of fused-ring (bicyclic) bond motifs is 6. The number of aromatic amines is 1. The molecule has 1 aliphatic rings. The Balaban J connectivity index is 1.50. The van der Waals surface area contributed by atoms with E-state index in [1.54, 1.807) is 11.7 Å². The molecule has 7 nitrogen and oxygen atoms in total. The third-order valence-electron chi connectivity index (χ3n) is 6.21. The summed E-state index contributed by atoms with van der Waals surface area (Å²) >= 11 is 1.26. The Morgan fingerprint density at radius 2 is 2.03 bits per heavy atom. The van der Waals surface area contributed by atoms with Crippen LogP contribution in [0.3, 0.4) is 0 Å². The SMILES string of the molecule is COc1ccc2[nH]c3c(c2c1)CCn1c-3nc2sc(C(=O)Nc3ccccc3)c(C)c2c1=O. The predicted octanol–water partition coefficient (Wildman–Crippen LogP) is 4.73. The topological polar surface area (TPSA) is 89.0 Å². The monoisotopic (exact) mass is 456 g/mol.